The van der Waals surface area contributed by atoms with Gasteiger partial charge >= 0.3 is 13.6 Å². The molecule has 0 aromatic heterocycles. The zero-order valence-corrected chi connectivity index (χ0v) is 9.91. The van der Waals surface area contributed by atoms with Gasteiger partial charge in [-0.1, -0.05) is 0 Å². The van der Waals surface area contributed by atoms with Crippen LogP contribution in [-0.4, -0.2) is 32.8 Å². The Bertz CT molecular complexity index is 266. The summed E-state index contributed by atoms with van der Waals surface area (Å²) >= 11 is 0. The molecule has 0 aromatic carbocycles. The maximum absolute atomic E-state index is 11.5. The van der Waals surface area contributed by atoms with E-state index in [2.05, 4.69) is 13.8 Å². The van der Waals surface area contributed by atoms with E-state index in [1.165, 1.54) is 7.11 Å². The molecule has 7 heteroatoms. The molecule has 0 heterocycles. The molecule has 0 saturated heterocycles. The minimum atomic E-state index is -3.63. The molecule has 0 atom stereocenters. The lowest BCUT2D eigenvalue weighted by atomic mass is 10.2. The van der Waals surface area contributed by atoms with E-state index in [1.807, 2.05) is 0 Å². The molecule has 0 aliphatic carbocycles. The first-order valence-electron chi connectivity index (χ1n) is 4.32. The second kappa shape index (κ2) is 6.71. The quantitative estimate of drug-likeness (QED) is 0.492. The van der Waals surface area contributed by atoms with E-state index < -0.39 is 19.1 Å². The monoisotopic (exact) mass is 238 g/mol. The van der Waals surface area contributed by atoms with Gasteiger partial charge in [-0.3, -0.25) is 14.2 Å². The second-order valence-corrected chi connectivity index (χ2v) is 4.91. The molecule has 0 rings (SSSR count). The zero-order chi connectivity index (χ0) is 11.9. The lowest BCUT2D eigenvalue weighted by Gasteiger charge is -2.11. The van der Waals surface area contributed by atoms with Gasteiger partial charge in [0.25, 0.3) is 0 Å². The van der Waals surface area contributed by atoms with Crippen LogP contribution < -0.4 is 0 Å². The summed E-state index contributed by atoms with van der Waals surface area (Å²) in [7, 11) is -0.0856. The van der Waals surface area contributed by atoms with Crippen molar-refractivity contribution in [1.82, 2.24) is 0 Å². The first-order valence-corrected chi connectivity index (χ1v) is 5.86. The number of carbonyl (C=O) groups excluding carboxylic acids is 2. The van der Waals surface area contributed by atoms with Crippen LogP contribution in [0.1, 0.15) is 19.3 Å². The Hall–Kier alpha value is -0.710. The molecule has 0 N–H and O–H groups in total. The molecular weight excluding hydrogens is 223 g/mol. The van der Waals surface area contributed by atoms with Crippen LogP contribution in [0.5, 0.6) is 0 Å². The van der Waals surface area contributed by atoms with Crippen molar-refractivity contribution < 1.29 is 27.9 Å². The first-order chi connectivity index (χ1) is 7.00. The van der Waals surface area contributed by atoms with E-state index >= 15 is 0 Å². The molecule has 0 bridgehead atoms. The second-order valence-electron chi connectivity index (χ2n) is 2.69. The van der Waals surface area contributed by atoms with E-state index in [0.29, 0.717) is 0 Å². The smallest absolute Gasteiger partial charge is 0.396 e. The summed E-state index contributed by atoms with van der Waals surface area (Å²) in [6.07, 6.45) is 0.339. The normalized spacial score (nSPS) is 11.1. The number of methoxy groups -OCH3 is 1. The summed E-state index contributed by atoms with van der Waals surface area (Å²) in [6, 6.07) is 0. The van der Waals surface area contributed by atoms with Gasteiger partial charge in [-0.25, -0.2) is 0 Å². The lowest BCUT2D eigenvalue weighted by molar-refractivity contribution is -0.140. The van der Waals surface area contributed by atoms with Gasteiger partial charge in [0.05, 0.1) is 7.11 Å². The molecule has 0 amide bonds. The van der Waals surface area contributed by atoms with E-state index in [-0.39, 0.29) is 19.3 Å². The summed E-state index contributed by atoms with van der Waals surface area (Å²) in [4.78, 5) is 22.0. The summed E-state index contributed by atoms with van der Waals surface area (Å²) in [5, 5.41) is 0. The van der Waals surface area contributed by atoms with Gasteiger partial charge in [0.15, 0.2) is 0 Å². The topological polar surface area (TPSA) is 78.9 Å². The Morgan fingerprint density at radius 1 is 1.07 bits per heavy atom. The SMILES string of the molecule is COC(=O)CCCC(=O)P(=O)(OC)OC. The lowest BCUT2D eigenvalue weighted by Crippen LogP contribution is -2.06. The standard InChI is InChI=1S/C8H15O6P/c1-12-7(9)5-4-6-8(10)15(11,13-2)14-3/h4-6H2,1-3H3. The van der Waals surface area contributed by atoms with Gasteiger partial charge in [0.1, 0.15) is 0 Å². The van der Waals surface area contributed by atoms with Crippen molar-refractivity contribution >= 4 is 19.1 Å². The molecule has 0 spiro atoms. The minimum absolute atomic E-state index is 0.0337. The van der Waals surface area contributed by atoms with Crippen LogP contribution in [0.3, 0.4) is 0 Å². The Kier molecular flexibility index (Phi) is 6.40. The minimum Gasteiger partial charge on any atom is -0.469 e. The van der Waals surface area contributed by atoms with Crippen LogP contribution in [0.25, 0.3) is 0 Å². The fourth-order valence-corrected chi connectivity index (χ4v) is 1.89. The van der Waals surface area contributed by atoms with Crippen LogP contribution in [0, 0.1) is 0 Å². The highest BCUT2D eigenvalue weighted by atomic mass is 31.2. The van der Waals surface area contributed by atoms with Gasteiger partial charge in [0.2, 0.25) is 5.52 Å². The van der Waals surface area contributed by atoms with Gasteiger partial charge < -0.3 is 13.8 Å². The molecule has 6 nitrogen and oxygen atoms in total. The molecule has 0 fully saturated rings. The molecular formula is C8H15O6P. The van der Waals surface area contributed by atoms with Crippen molar-refractivity contribution in [2.45, 2.75) is 19.3 Å². The Labute approximate surface area is 88.4 Å². The van der Waals surface area contributed by atoms with Gasteiger partial charge in [-0.05, 0) is 6.42 Å². The van der Waals surface area contributed by atoms with Crippen molar-refractivity contribution in [3.8, 4) is 0 Å². The number of ether oxygens (including phenoxy) is 1. The fraction of sp³-hybridized carbons (Fsp3) is 0.750. The number of rotatable bonds is 7. The Morgan fingerprint density at radius 2 is 1.60 bits per heavy atom. The van der Waals surface area contributed by atoms with Crippen molar-refractivity contribution in [3.63, 3.8) is 0 Å². The molecule has 15 heavy (non-hydrogen) atoms. The molecule has 88 valence electrons. The summed E-state index contributed by atoms with van der Waals surface area (Å²) in [5.74, 6) is -0.410. The average Bonchev–Trinajstić information content (AvgIpc) is 2.27. The van der Waals surface area contributed by atoms with E-state index in [1.54, 1.807) is 0 Å². The summed E-state index contributed by atoms with van der Waals surface area (Å²) < 4.78 is 24.9. The van der Waals surface area contributed by atoms with Crippen molar-refractivity contribution in [2.24, 2.45) is 0 Å². The summed E-state index contributed by atoms with van der Waals surface area (Å²) in [5.41, 5.74) is -0.628. The van der Waals surface area contributed by atoms with Gasteiger partial charge in [0, 0.05) is 27.1 Å². The van der Waals surface area contributed by atoms with E-state index in [9.17, 15) is 14.2 Å². The Balaban J connectivity index is 4.04. The third-order valence-corrected chi connectivity index (χ3v) is 3.58. The predicted octanol–water partition coefficient (Wildman–Crippen LogP) is 1.34. The number of hydrogen-bond acceptors (Lipinski definition) is 6. The molecule has 0 aromatic rings. The van der Waals surface area contributed by atoms with Crippen molar-refractivity contribution in [2.75, 3.05) is 21.3 Å². The molecule has 0 unspecified atom stereocenters. The van der Waals surface area contributed by atoms with E-state index in [0.717, 1.165) is 14.2 Å². The number of hydrogen-bond donors (Lipinski definition) is 0. The maximum Gasteiger partial charge on any atom is 0.396 e. The number of carbonyl (C=O) groups is 2. The van der Waals surface area contributed by atoms with Gasteiger partial charge in [-0.2, -0.15) is 0 Å². The fourth-order valence-electron chi connectivity index (χ4n) is 0.901. The van der Waals surface area contributed by atoms with Crippen LogP contribution in [-0.2, 0) is 27.9 Å². The summed E-state index contributed by atoms with van der Waals surface area (Å²) in [6.45, 7) is 0. The zero-order valence-electron chi connectivity index (χ0n) is 9.02. The van der Waals surface area contributed by atoms with Crippen LogP contribution in [0.15, 0.2) is 0 Å². The van der Waals surface area contributed by atoms with E-state index in [4.69, 9.17) is 0 Å². The highest BCUT2D eigenvalue weighted by molar-refractivity contribution is 7.71. The average molecular weight is 238 g/mol. The van der Waals surface area contributed by atoms with Crippen molar-refractivity contribution in [3.05, 3.63) is 0 Å². The van der Waals surface area contributed by atoms with Crippen molar-refractivity contribution in [1.29, 1.82) is 0 Å². The first kappa shape index (κ1) is 14.3. The van der Waals surface area contributed by atoms with Crippen LogP contribution >= 0.6 is 7.60 Å². The molecule has 0 saturated carbocycles. The highest BCUT2D eigenvalue weighted by Crippen LogP contribution is 2.48. The van der Waals surface area contributed by atoms with Crippen LogP contribution in [0.4, 0.5) is 0 Å². The third kappa shape index (κ3) is 4.55. The molecule has 0 radical (unpaired) electrons. The maximum atomic E-state index is 11.5. The predicted molar refractivity (Wildman–Crippen MR) is 52.5 cm³/mol. The van der Waals surface area contributed by atoms with Crippen LogP contribution in [0.2, 0.25) is 0 Å². The largest absolute Gasteiger partial charge is 0.469 e. The third-order valence-electron chi connectivity index (χ3n) is 1.79. The Morgan fingerprint density at radius 3 is 2.00 bits per heavy atom. The molecule has 0 aliphatic rings. The highest BCUT2D eigenvalue weighted by Gasteiger charge is 2.31. The number of esters is 1. The molecule has 0 aliphatic heterocycles. The van der Waals surface area contributed by atoms with Gasteiger partial charge in [-0.15, -0.1) is 0 Å².